The Morgan fingerprint density at radius 2 is 1.82 bits per heavy atom. The van der Waals surface area contributed by atoms with Crippen LogP contribution < -0.4 is 11.5 Å². The number of hydrogen-bond donors (Lipinski definition) is 2. The van der Waals surface area contributed by atoms with Gasteiger partial charge in [-0.05, 0) is 36.7 Å². The number of alkyl halides is 3. The van der Waals surface area contributed by atoms with E-state index in [2.05, 4.69) is 0 Å². The van der Waals surface area contributed by atoms with E-state index in [0.717, 1.165) is 12.1 Å². The molecular formula is C10H13Cl2F3N2. The molecule has 0 amide bonds. The van der Waals surface area contributed by atoms with E-state index in [0.29, 0.717) is 18.5 Å². The van der Waals surface area contributed by atoms with Crippen LogP contribution in [-0.4, -0.2) is 6.54 Å². The van der Waals surface area contributed by atoms with Crippen LogP contribution in [0.1, 0.15) is 23.6 Å². The van der Waals surface area contributed by atoms with Gasteiger partial charge >= 0.3 is 6.18 Å². The van der Waals surface area contributed by atoms with Crippen molar-refractivity contribution in [1.82, 2.24) is 0 Å². The van der Waals surface area contributed by atoms with Gasteiger partial charge in [0.05, 0.1) is 5.56 Å². The fourth-order valence-corrected chi connectivity index (χ4v) is 1.58. The topological polar surface area (TPSA) is 52.0 Å². The standard InChI is InChI=1S/C10H12ClF3N2.ClH/c11-8-4-6(9(16)1-2-15)3-7(5-8)10(12,13)14;/h3-5,9H,1-2,15-16H2;1H/t9-;/m0./s1. The van der Waals surface area contributed by atoms with Crippen LogP contribution in [0, 0.1) is 0 Å². The highest BCUT2D eigenvalue weighted by Gasteiger charge is 2.31. The minimum absolute atomic E-state index is 0. The highest BCUT2D eigenvalue weighted by atomic mass is 35.5. The summed E-state index contributed by atoms with van der Waals surface area (Å²) in [6.45, 7) is 0.315. The van der Waals surface area contributed by atoms with Crippen molar-refractivity contribution in [2.24, 2.45) is 11.5 Å². The predicted molar refractivity (Wildman–Crippen MR) is 64.3 cm³/mol. The smallest absolute Gasteiger partial charge is 0.330 e. The lowest BCUT2D eigenvalue weighted by molar-refractivity contribution is -0.137. The average Bonchev–Trinajstić information content (AvgIpc) is 2.16. The van der Waals surface area contributed by atoms with E-state index in [1.807, 2.05) is 0 Å². The molecule has 0 saturated carbocycles. The van der Waals surface area contributed by atoms with Crippen molar-refractivity contribution in [3.05, 3.63) is 34.3 Å². The first-order valence-electron chi connectivity index (χ1n) is 4.68. The number of benzene rings is 1. The molecule has 98 valence electrons. The Bertz CT molecular complexity index is 369. The second-order valence-corrected chi connectivity index (χ2v) is 3.89. The van der Waals surface area contributed by atoms with Gasteiger partial charge in [0.15, 0.2) is 0 Å². The van der Waals surface area contributed by atoms with Crippen LogP contribution in [0.5, 0.6) is 0 Å². The predicted octanol–water partition coefficient (Wildman–Crippen LogP) is 3.13. The third-order valence-corrected chi connectivity index (χ3v) is 2.37. The van der Waals surface area contributed by atoms with Gasteiger partial charge in [-0.15, -0.1) is 12.4 Å². The van der Waals surface area contributed by atoms with E-state index < -0.39 is 17.8 Å². The van der Waals surface area contributed by atoms with Crippen molar-refractivity contribution in [2.45, 2.75) is 18.6 Å². The van der Waals surface area contributed by atoms with Gasteiger partial charge < -0.3 is 11.5 Å². The summed E-state index contributed by atoms with van der Waals surface area (Å²) in [6.07, 6.45) is -4.00. The molecule has 0 aromatic heterocycles. The lowest BCUT2D eigenvalue weighted by atomic mass is 10.0. The van der Waals surface area contributed by atoms with Crippen LogP contribution in [0.15, 0.2) is 18.2 Å². The maximum atomic E-state index is 12.5. The van der Waals surface area contributed by atoms with Crippen LogP contribution in [-0.2, 0) is 6.18 Å². The quantitative estimate of drug-likeness (QED) is 0.898. The third-order valence-electron chi connectivity index (χ3n) is 2.15. The second-order valence-electron chi connectivity index (χ2n) is 3.45. The first-order valence-corrected chi connectivity index (χ1v) is 5.05. The van der Waals surface area contributed by atoms with Crippen molar-refractivity contribution >= 4 is 24.0 Å². The zero-order valence-electron chi connectivity index (χ0n) is 8.80. The van der Waals surface area contributed by atoms with Crippen molar-refractivity contribution < 1.29 is 13.2 Å². The van der Waals surface area contributed by atoms with E-state index in [9.17, 15) is 13.2 Å². The Kier molecular flexibility index (Phi) is 6.26. The largest absolute Gasteiger partial charge is 0.416 e. The Hall–Kier alpha value is -0.490. The van der Waals surface area contributed by atoms with Gasteiger partial charge in [-0.3, -0.25) is 0 Å². The number of nitrogens with two attached hydrogens (primary N) is 2. The van der Waals surface area contributed by atoms with E-state index in [-0.39, 0.29) is 17.4 Å². The maximum Gasteiger partial charge on any atom is 0.416 e. The molecule has 7 heteroatoms. The van der Waals surface area contributed by atoms with Gasteiger partial charge in [-0.1, -0.05) is 11.6 Å². The van der Waals surface area contributed by atoms with Crippen LogP contribution in [0.2, 0.25) is 5.02 Å². The summed E-state index contributed by atoms with van der Waals surface area (Å²) in [6, 6.07) is 2.79. The van der Waals surface area contributed by atoms with Gasteiger partial charge in [0.1, 0.15) is 0 Å². The summed E-state index contributed by atoms with van der Waals surface area (Å²) < 4.78 is 37.4. The summed E-state index contributed by atoms with van der Waals surface area (Å²) in [5.74, 6) is 0. The Labute approximate surface area is 109 Å². The fourth-order valence-electron chi connectivity index (χ4n) is 1.34. The SMILES string of the molecule is Cl.NCC[C@H](N)c1cc(Cl)cc(C(F)(F)F)c1. The zero-order valence-corrected chi connectivity index (χ0v) is 10.4. The van der Waals surface area contributed by atoms with E-state index in [1.165, 1.54) is 6.07 Å². The van der Waals surface area contributed by atoms with Crippen LogP contribution >= 0.6 is 24.0 Å². The molecule has 1 atom stereocenters. The number of hydrogen-bond acceptors (Lipinski definition) is 2. The summed E-state index contributed by atoms with van der Waals surface area (Å²) in [5, 5.41) is 0.0253. The molecule has 0 aliphatic carbocycles. The first kappa shape index (κ1) is 16.5. The average molecular weight is 289 g/mol. The molecule has 17 heavy (non-hydrogen) atoms. The van der Waals surface area contributed by atoms with E-state index >= 15 is 0 Å². The Morgan fingerprint density at radius 3 is 2.29 bits per heavy atom. The van der Waals surface area contributed by atoms with Gasteiger partial charge in [0.2, 0.25) is 0 Å². The Balaban J connectivity index is 0.00000256. The molecule has 0 heterocycles. The molecule has 1 rings (SSSR count). The summed E-state index contributed by atoms with van der Waals surface area (Å²) >= 11 is 5.61. The van der Waals surface area contributed by atoms with Crippen molar-refractivity contribution in [3.63, 3.8) is 0 Å². The minimum Gasteiger partial charge on any atom is -0.330 e. The highest BCUT2D eigenvalue weighted by Crippen LogP contribution is 2.33. The second kappa shape index (κ2) is 6.44. The molecule has 0 aliphatic heterocycles. The number of rotatable bonds is 3. The molecule has 0 radical (unpaired) electrons. The number of halogens is 5. The molecule has 0 spiro atoms. The normalized spacial score (nSPS) is 13.1. The van der Waals surface area contributed by atoms with E-state index in [1.54, 1.807) is 0 Å². The molecule has 1 aromatic rings. The zero-order chi connectivity index (χ0) is 12.3. The molecule has 0 bridgehead atoms. The minimum atomic E-state index is -4.41. The third kappa shape index (κ3) is 4.71. The van der Waals surface area contributed by atoms with Gasteiger partial charge in [0, 0.05) is 11.1 Å². The highest BCUT2D eigenvalue weighted by molar-refractivity contribution is 6.30. The van der Waals surface area contributed by atoms with Gasteiger partial charge in [0.25, 0.3) is 0 Å². The van der Waals surface area contributed by atoms with Crippen LogP contribution in [0.4, 0.5) is 13.2 Å². The van der Waals surface area contributed by atoms with E-state index in [4.69, 9.17) is 23.1 Å². The summed E-state index contributed by atoms with van der Waals surface area (Å²) in [7, 11) is 0. The monoisotopic (exact) mass is 288 g/mol. The summed E-state index contributed by atoms with van der Waals surface area (Å²) in [5.41, 5.74) is 10.5. The molecule has 0 unspecified atom stereocenters. The van der Waals surface area contributed by atoms with Crippen molar-refractivity contribution in [3.8, 4) is 0 Å². The fraction of sp³-hybridized carbons (Fsp3) is 0.400. The molecule has 0 saturated heterocycles. The molecule has 0 aliphatic rings. The van der Waals surface area contributed by atoms with Crippen molar-refractivity contribution in [2.75, 3.05) is 6.54 Å². The molecule has 4 N–H and O–H groups in total. The molecular weight excluding hydrogens is 276 g/mol. The van der Waals surface area contributed by atoms with Gasteiger partial charge in [-0.2, -0.15) is 13.2 Å². The van der Waals surface area contributed by atoms with Crippen LogP contribution in [0.3, 0.4) is 0 Å². The lowest BCUT2D eigenvalue weighted by Crippen LogP contribution is -2.16. The maximum absolute atomic E-state index is 12.5. The lowest BCUT2D eigenvalue weighted by Gasteiger charge is -2.14. The molecule has 0 fully saturated rings. The van der Waals surface area contributed by atoms with Crippen molar-refractivity contribution in [1.29, 1.82) is 0 Å². The molecule has 2 nitrogen and oxygen atoms in total. The Morgan fingerprint density at radius 1 is 1.24 bits per heavy atom. The van der Waals surface area contributed by atoms with Crippen LogP contribution in [0.25, 0.3) is 0 Å². The van der Waals surface area contributed by atoms with Gasteiger partial charge in [-0.25, -0.2) is 0 Å². The summed E-state index contributed by atoms with van der Waals surface area (Å²) in [4.78, 5) is 0. The first-order chi connectivity index (χ1) is 7.34. The molecule has 1 aromatic carbocycles.